The number of rotatable bonds is 5. The molecule has 0 aliphatic carbocycles. The summed E-state index contributed by atoms with van der Waals surface area (Å²) in [4.78, 5) is 33.6. The molecular formula is C27H22N8O. The van der Waals surface area contributed by atoms with Crippen LogP contribution in [0.2, 0.25) is 0 Å². The number of pyridine rings is 4. The van der Waals surface area contributed by atoms with Crippen molar-refractivity contribution in [1.82, 2.24) is 35.1 Å². The van der Waals surface area contributed by atoms with E-state index in [9.17, 15) is 4.79 Å². The lowest BCUT2D eigenvalue weighted by molar-refractivity contribution is -0.118. The van der Waals surface area contributed by atoms with Gasteiger partial charge in [0.2, 0.25) is 5.91 Å². The predicted molar refractivity (Wildman–Crippen MR) is 139 cm³/mol. The Morgan fingerprint density at radius 3 is 2.67 bits per heavy atom. The Hall–Kier alpha value is -4.92. The maximum Gasteiger partial charge on any atom is 0.226 e. The van der Waals surface area contributed by atoms with E-state index in [-0.39, 0.29) is 11.8 Å². The monoisotopic (exact) mass is 474 g/mol. The second kappa shape index (κ2) is 8.70. The van der Waals surface area contributed by atoms with E-state index in [2.05, 4.69) is 41.5 Å². The van der Waals surface area contributed by atoms with E-state index in [0.717, 1.165) is 50.1 Å². The van der Waals surface area contributed by atoms with Crippen LogP contribution in [0.3, 0.4) is 0 Å². The summed E-state index contributed by atoms with van der Waals surface area (Å²) >= 11 is 0. The molecule has 36 heavy (non-hydrogen) atoms. The quantitative estimate of drug-likeness (QED) is 0.315. The molecule has 9 nitrogen and oxygen atoms in total. The van der Waals surface area contributed by atoms with E-state index in [1.807, 2.05) is 56.4 Å². The van der Waals surface area contributed by atoms with E-state index in [1.54, 1.807) is 24.8 Å². The van der Waals surface area contributed by atoms with Gasteiger partial charge < -0.3 is 10.3 Å². The third kappa shape index (κ3) is 3.86. The van der Waals surface area contributed by atoms with Crippen molar-refractivity contribution >= 4 is 33.5 Å². The molecule has 0 aliphatic rings. The maximum absolute atomic E-state index is 12.1. The van der Waals surface area contributed by atoms with E-state index in [4.69, 9.17) is 4.98 Å². The Labute approximate surface area is 206 Å². The number of nitrogens with zero attached hydrogens (tertiary/aromatic N) is 5. The van der Waals surface area contributed by atoms with Crippen LogP contribution in [-0.4, -0.2) is 41.0 Å². The van der Waals surface area contributed by atoms with Crippen molar-refractivity contribution in [2.24, 2.45) is 5.92 Å². The maximum atomic E-state index is 12.1. The van der Waals surface area contributed by atoms with Gasteiger partial charge in [0.05, 0.1) is 46.2 Å². The lowest BCUT2D eigenvalue weighted by Crippen LogP contribution is -2.17. The van der Waals surface area contributed by atoms with Crippen LogP contribution in [0, 0.1) is 5.92 Å². The minimum atomic E-state index is -0.124. The zero-order chi connectivity index (χ0) is 24.6. The average Bonchev–Trinajstić information content (AvgIpc) is 3.53. The number of fused-ring (bicyclic) bond motifs is 2. The molecule has 0 spiro atoms. The highest BCUT2D eigenvalue weighted by atomic mass is 16.1. The number of H-pyrrole nitrogens is 2. The molecule has 0 unspecified atom stereocenters. The molecule has 1 amide bonds. The summed E-state index contributed by atoms with van der Waals surface area (Å²) in [5.74, 6) is -0.186. The second-order valence-corrected chi connectivity index (χ2v) is 8.82. The van der Waals surface area contributed by atoms with E-state index in [1.165, 1.54) is 0 Å². The SMILES string of the molecule is CC(C)C(=O)Nc1cncc(-c2ccc3[nH]nc(-c4cc5c(-c6ccccn6)cncc5[nH]4)c3n2)c1. The highest BCUT2D eigenvalue weighted by Gasteiger charge is 2.16. The Bertz CT molecular complexity index is 1720. The fourth-order valence-electron chi connectivity index (χ4n) is 4.09. The minimum Gasteiger partial charge on any atom is -0.352 e. The van der Waals surface area contributed by atoms with Gasteiger partial charge in [-0.15, -0.1) is 0 Å². The molecule has 0 bridgehead atoms. The molecule has 0 fully saturated rings. The lowest BCUT2D eigenvalue weighted by Gasteiger charge is -2.08. The summed E-state index contributed by atoms with van der Waals surface area (Å²) in [6.45, 7) is 3.70. The van der Waals surface area contributed by atoms with Gasteiger partial charge in [0.1, 0.15) is 11.2 Å². The molecule has 3 N–H and O–H groups in total. The third-order valence-electron chi connectivity index (χ3n) is 5.98. The Morgan fingerprint density at radius 2 is 1.83 bits per heavy atom. The zero-order valence-electron chi connectivity index (χ0n) is 19.6. The first-order valence-corrected chi connectivity index (χ1v) is 11.6. The van der Waals surface area contributed by atoms with Crippen LogP contribution in [0.25, 0.3) is 55.8 Å². The number of anilines is 1. The van der Waals surface area contributed by atoms with Crippen LogP contribution in [0.1, 0.15) is 13.8 Å². The predicted octanol–water partition coefficient (Wildman–Crippen LogP) is 5.22. The second-order valence-electron chi connectivity index (χ2n) is 8.82. The van der Waals surface area contributed by atoms with Gasteiger partial charge in [0.15, 0.2) is 0 Å². The first kappa shape index (κ1) is 21.6. The molecule has 0 radical (unpaired) electrons. The number of hydrogen-bond donors (Lipinski definition) is 3. The van der Waals surface area contributed by atoms with Crippen LogP contribution < -0.4 is 5.32 Å². The standard InChI is InChI=1S/C27H22N8O/c1-15(2)27(36)31-17-9-16(11-28-12-17)20-6-7-22-25(33-20)26(35-34-22)23-10-18-19(13-29-14-24(18)32-23)21-5-3-4-8-30-21/h3-15,32H,1-2H3,(H,31,36)(H,34,35). The number of nitrogens with one attached hydrogen (secondary N) is 3. The summed E-state index contributed by atoms with van der Waals surface area (Å²) in [6, 6.07) is 13.6. The summed E-state index contributed by atoms with van der Waals surface area (Å²) in [6.07, 6.45) is 8.74. The zero-order valence-corrected chi connectivity index (χ0v) is 19.6. The van der Waals surface area contributed by atoms with Gasteiger partial charge in [0, 0.05) is 41.0 Å². The number of carbonyl (C=O) groups is 1. The van der Waals surface area contributed by atoms with Crippen molar-refractivity contribution in [3.63, 3.8) is 0 Å². The van der Waals surface area contributed by atoms with Crippen LogP contribution >= 0.6 is 0 Å². The van der Waals surface area contributed by atoms with E-state index < -0.39 is 0 Å². The molecule has 6 aromatic heterocycles. The summed E-state index contributed by atoms with van der Waals surface area (Å²) < 4.78 is 0. The topological polar surface area (TPSA) is 125 Å². The lowest BCUT2D eigenvalue weighted by atomic mass is 10.1. The first-order chi connectivity index (χ1) is 17.6. The molecule has 176 valence electrons. The van der Waals surface area contributed by atoms with Crippen molar-refractivity contribution in [3.8, 4) is 33.9 Å². The number of aromatic nitrogens is 7. The van der Waals surface area contributed by atoms with E-state index in [0.29, 0.717) is 11.4 Å². The van der Waals surface area contributed by atoms with Crippen molar-refractivity contribution in [2.75, 3.05) is 5.32 Å². The number of amides is 1. The smallest absolute Gasteiger partial charge is 0.226 e. The van der Waals surface area contributed by atoms with Crippen molar-refractivity contribution in [3.05, 3.63) is 73.4 Å². The summed E-state index contributed by atoms with van der Waals surface area (Å²) in [5, 5.41) is 11.5. The highest BCUT2D eigenvalue weighted by Crippen LogP contribution is 2.33. The van der Waals surface area contributed by atoms with Crippen molar-refractivity contribution in [1.29, 1.82) is 0 Å². The number of hydrogen-bond acceptors (Lipinski definition) is 6. The molecule has 0 aliphatic heterocycles. The van der Waals surface area contributed by atoms with Crippen LogP contribution in [-0.2, 0) is 4.79 Å². The van der Waals surface area contributed by atoms with Crippen molar-refractivity contribution < 1.29 is 4.79 Å². The van der Waals surface area contributed by atoms with Crippen molar-refractivity contribution in [2.45, 2.75) is 13.8 Å². The van der Waals surface area contributed by atoms with Crippen LogP contribution in [0.15, 0.2) is 73.4 Å². The third-order valence-corrected chi connectivity index (χ3v) is 5.98. The van der Waals surface area contributed by atoms with Crippen LogP contribution in [0.5, 0.6) is 0 Å². The van der Waals surface area contributed by atoms with Gasteiger partial charge in [-0.3, -0.25) is 24.8 Å². The fraction of sp³-hybridized carbons (Fsp3) is 0.111. The molecule has 6 aromatic rings. The highest BCUT2D eigenvalue weighted by molar-refractivity contribution is 5.99. The molecule has 0 saturated heterocycles. The Morgan fingerprint density at radius 1 is 0.944 bits per heavy atom. The largest absolute Gasteiger partial charge is 0.352 e. The molecular weight excluding hydrogens is 452 g/mol. The van der Waals surface area contributed by atoms with Gasteiger partial charge >= 0.3 is 0 Å². The fourth-order valence-corrected chi connectivity index (χ4v) is 4.09. The minimum absolute atomic E-state index is 0.0622. The van der Waals surface area contributed by atoms with Crippen LogP contribution in [0.4, 0.5) is 5.69 Å². The van der Waals surface area contributed by atoms with Gasteiger partial charge in [-0.25, -0.2) is 4.98 Å². The average molecular weight is 475 g/mol. The molecule has 0 atom stereocenters. The summed E-state index contributed by atoms with van der Waals surface area (Å²) in [7, 11) is 0. The molecule has 9 heteroatoms. The first-order valence-electron chi connectivity index (χ1n) is 11.6. The van der Waals surface area contributed by atoms with Gasteiger partial charge in [-0.1, -0.05) is 19.9 Å². The van der Waals surface area contributed by atoms with Gasteiger partial charge in [-0.05, 0) is 36.4 Å². The number of aromatic amines is 2. The molecule has 6 heterocycles. The number of carbonyl (C=O) groups excluding carboxylic acids is 1. The normalized spacial score (nSPS) is 11.4. The van der Waals surface area contributed by atoms with E-state index >= 15 is 0 Å². The molecule has 0 aromatic carbocycles. The summed E-state index contributed by atoms with van der Waals surface area (Å²) in [5.41, 5.74) is 7.89. The van der Waals surface area contributed by atoms with Gasteiger partial charge in [-0.2, -0.15) is 5.10 Å². The molecule has 6 rings (SSSR count). The Kier molecular flexibility index (Phi) is 5.22. The van der Waals surface area contributed by atoms with Gasteiger partial charge in [0.25, 0.3) is 0 Å². The Balaban J connectivity index is 1.41. The molecule has 0 saturated carbocycles.